The summed E-state index contributed by atoms with van der Waals surface area (Å²) in [7, 11) is 0. The lowest BCUT2D eigenvalue weighted by Crippen LogP contribution is -2.58. The molecule has 1 aromatic rings. The van der Waals surface area contributed by atoms with E-state index in [1.165, 1.54) is 6.42 Å². The number of likely N-dealkylation sites (tertiary alicyclic amines) is 1. The van der Waals surface area contributed by atoms with Gasteiger partial charge in [0.15, 0.2) is 0 Å². The van der Waals surface area contributed by atoms with Crippen LogP contribution in [0.1, 0.15) is 44.1 Å². The lowest BCUT2D eigenvalue weighted by molar-refractivity contribution is -0.166. The van der Waals surface area contributed by atoms with Crippen LogP contribution in [0.5, 0.6) is 5.75 Å². The summed E-state index contributed by atoms with van der Waals surface area (Å²) < 4.78 is 12.3. The van der Waals surface area contributed by atoms with E-state index in [1.807, 2.05) is 34.9 Å². The summed E-state index contributed by atoms with van der Waals surface area (Å²) in [5.74, 6) is 1.12. The highest BCUT2D eigenvalue weighted by atomic mass is 35.5. The molecule has 0 spiro atoms. The summed E-state index contributed by atoms with van der Waals surface area (Å²) >= 11 is 6.13. The summed E-state index contributed by atoms with van der Waals surface area (Å²) in [4.78, 5) is 29.6. The number of nitrogens with zero attached hydrogens (tertiary/aromatic N) is 2. The fourth-order valence-corrected chi connectivity index (χ4v) is 4.44. The first kappa shape index (κ1) is 21.4. The topological polar surface area (TPSA) is 59.1 Å². The van der Waals surface area contributed by atoms with Crippen molar-refractivity contribution in [2.24, 2.45) is 5.92 Å². The van der Waals surface area contributed by atoms with Gasteiger partial charge < -0.3 is 19.3 Å². The molecule has 2 aliphatic heterocycles. The molecule has 1 aliphatic carbocycles. The summed E-state index contributed by atoms with van der Waals surface area (Å²) in [6.45, 7) is 5.16. The molecule has 164 valence electrons. The van der Waals surface area contributed by atoms with Crippen molar-refractivity contribution in [3.63, 3.8) is 0 Å². The van der Waals surface area contributed by atoms with Gasteiger partial charge in [0.25, 0.3) is 0 Å². The molecule has 0 radical (unpaired) electrons. The van der Waals surface area contributed by atoms with Gasteiger partial charge in [-0.15, -0.1) is 0 Å². The third-order valence-electron chi connectivity index (χ3n) is 6.30. The molecule has 1 saturated carbocycles. The predicted molar refractivity (Wildman–Crippen MR) is 115 cm³/mol. The van der Waals surface area contributed by atoms with Crippen LogP contribution in [0.25, 0.3) is 0 Å². The Morgan fingerprint density at radius 3 is 2.63 bits per heavy atom. The Balaban J connectivity index is 1.49. The summed E-state index contributed by atoms with van der Waals surface area (Å²) in [6, 6.07) is 5.52. The molecule has 2 amide bonds. The van der Waals surface area contributed by atoms with Crippen LogP contribution in [0.2, 0.25) is 5.02 Å². The van der Waals surface area contributed by atoms with E-state index in [4.69, 9.17) is 21.1 Å². The lowest BCUT2D eigenvalue weighted by Gasteiger charge is -2.43. The Kier molecular flexibility index (Phi) is 6.54. The zero-order valence-electron chi connectivity index (χ0n) is 17.7. The van der Waals surface area contributed by atoms with Crippen molar-refractivity contribution in [1.29, 1.82) is 0 Å². The van der Waals surface area contributed by atoms with Gasteiger partial charge in [0, 0.05) is 30.6 Å². The third kappa shape index (κ3) is 5.09. The molecule has 7 heteroatoms. The first-order valence-electron chi connectivity index (χ1n) is 11.1. The molecule has 2 heterocycles. The molecule has 6 nitrogen and oxygen atoms in total. The van der Waals surface area contributed by atoms with Crippen molar-refractivity contribution in [2.75, 3.05) is 39.4 Å². The third-order valence-corrected chi connectivity index (χ3v) is 6.72. The molecule has 1 aromatic carbocycles. The molecule has 4 rings (SSSR count). The number of carbonyl (C=O) groups is 2. The number of carbonyl (C=O) groups excluding carboxylic acids is 2. The monoisotopic (exact) mass is 434 g/mol. The summed E-state index contributed by atoms with van der Waals surface area (Å²) in [5.41, 5.74) is 0.105. The number of hydrogen-bond acceptors (Lipinski definition) is 4. The molecule has 30 heavy (non-hydrogen) atoms. The number of piperidine rings is 1. The maximum absolute atomic E-state index is 13.1. The smallest absolute Gasteiger partial charge is 0.225 e. The Morgan fingerprint density at radius 2 is 1.93 bits per heavy atom. The van der Waals surface area contributed by atoms with Gasteiger partial charge in [-0.25, -0.2) is 0 Å². The van der Waals surface area contributed by atoms with Crippen molar-refractivity contribution in [1.82, 2.24) is 9.80 Å². The minimum Gasteiger partial charge on any atom is -0.490 e. The Morgan fingerprint density at radius 1 is 1.17 bits per heavy atom. The van der Waals surface area contributed by atoms with Gasteiger partial charge in [-0.05, 0) is 62.8 Å². The number of ether oxygens (including phenoxy) is 2. The van der Waals surface area contributed by atoms with E-state index in [9.17, 15) is 9.59 Å². The number of aryl methyl sites for hydroxylation is 1. The van der Waals surface area contributed by atoms with Crippen LogP contribution in [-0.2, 0) is 14.3 Å². The summed E-state index contributed by atoms with van der Waals surface area (Å²) in [6.07, 6.45) is 5.44. The van der Waals surface area contributed by atoms with Gasteiger partial charge >= 0.3 is 0 Å². The fourth-order valence-electron chi connectivity index (χ4n) is 4.32. The molecule has 2 saturated heterocycles. The molecule has 3 fully saturated rings. The number of benzene rings is 1. The number of morpholine rings is 1. The van der Waals surface area contributed by atoms with E-state index < -0.39 is 5.60 Å². The van der Waals surface area contributed by atoms with Crippen LogP contribution < -0.4 is 4.74 Å². The quantitative estimate of drug-likeness (QED) is 0.688. The van der Waals surface area contributed by atoms with Crippen molar-refractivity contribution in [2.45, 2.75) is 51.0 Å². The second kappa shape index (κ2) is 9.15. The molecule has 0 bridgehead atoms. The minimum absolute atomic E-state index is 0.0892. The van der Waals surface area contributed by atoms with Gasteiger partial charge in [-0.1, -0.05) is 11.6 Å². The second-order valence-electron chi connectivity index (χ2n) is 8.88. The van der Waals surface area contributed by atoms with Crippen LogP contribution >= 0.6 is 11.6 Å². The van der Waals surface area contributed by atoms with Crippen LogP contribution in [0.15, 0.2) is 18.2 Å². The Bertz CT molecular complexity index is 791. The molecular formula is C23H31ClN2O4. The molecule has 0 aromatic heterocycles. The average molecular weight is 435 g/mol. The Labute approximate surface area is 183 Å². The molecule has 3 aliphatic rings. The van der Waals surface area contributed by atoms with Crippen molar-refractivity contribution in [3.05, 3.63) is 28.8 Å². The molecular weight excluding hydrogens is 404 g/mol. The van der Waals surface area contributed by atoms with E-state index in [2.05, 4.69) is 0 Å². The van der Waals surface area contributed by atoms with Crippen molar-refractivity contribution < 1.29 is 19.1 Å². The minimum atomic E-state index is -0.829. The van der Waals surface area contributed by atoms with Gasteiger partial charge in [-0.2, -0.15) is 0 Å². The SMILES string of the molecule is Cc1cc(OCC2(CC(=O)N3CCCCC3)CN(C(=O)C3CC3)CCO2)ccc1Cl. The van der Waals surface area contributed by atoms with Crippen LogP contribution in [0, 0.1) is 12.8 Å². The molecule has 0 N–H and O–H groups in total. The number of amides is 2. The maximum Gasteiger partial charge on any atom is 0.225 e. The molecule has 1 atom stereocenters. The lowest BCUT2D eigenvalue weighted by atomic mass is 9.96. The van der Waals surface area contributed by atoms with Crippen LogP contribution in [0.4, 0.5) is 0 Å². The van der Waals surface area contributed by atoms with E-state index in [1.54, 1.807) is 0 Å². The van der Waals surface area contributed by atoms with Gasteiger partial charge in [-0.3, -0.25) is 9.59 Å². The van der Waals surface area contributed by atoms with Gasteiger partial charge in [0.2, 0.25) is 11.8 Å². The first-order chi connectivity index (χ1) is 14.5. The largest absolute Gasteiger partial charge is 0.490 e. The molecule has 1 unspecified atom stereocenters. The number of rotatable bonds is 6. The van der Waals surface area contributed by atoms with Crippen molar-refractivity contribution >= 4 is 23.4 Å². The second-order valence-corrected chi connectivity index (χ2v) is 9.29. The van der Waals surface area contributed by atoms with Crippen LogP contribution in [-0.4, -0.2) is 66.6 Å². The maximum atomic E-state index is 13.1. The van der Waals surface area contributed by atoms with E-state index in [0.29, 0.717) is 30.5 Å². The number of hydrogen-bond donors (Lipinski definition) is 0. The highest BCUT2D eigenvalue weighted by Crippen LogP contribution is 2.34. The Hall–Kier alpha value is -1.79. The normalized spacial score (nSPS) is 24.6. The van der Waals surface area contributed by atoms with E-state index in [-0.39, 0.29) is 30.8 Å². The zero-order chi connectivity index (χ0) is 21.1. The van der Waals surface area contributed by atoms with Crippen LogP contribution in [0.3, 0.4) is 0 Å². The zero-order valence-corrected chi connectivity index (χ0v) is 18.5. The van der Waals surface area contributed by atoms with Gasteiger partial charge in [0.05, 0.1) is 19.6 Å². The fraction of sp³-hybridized carbons (Fsp3) is 0.652. The summed E-state index contributed by atoms with van der Waals surface area (Å²) in [5, 5.41) is 0.687. The van der Waals surface area contributed by atoms with E-state index in [0.717, 1.165) is 44.3 Å². The van der Waals surface area contributed by atoms with Gasteiger partial charge in [0.1, 0.15) is 18.0 Å². The number of halogens is 1. The highest BCUT2D eigenvalue weighted by Gasteiger charge is 2.44. The average Bonchev–Trinajstić information content (AvgIpc) is 3.60. The van der Waals surface area contributed by atoms with Crippen molar-refractivity contribution in [3.8, 4) is 5.75 Å². The highest BCUT2D eigenvalue weighted by molar-refractivity contribution is 6.31. The standard InChI is InChI=1S/C23H31ClN2O4/c1-17-13-19(7-8-20(17)24)29-16-23(14-21(27)25-9-3-2-4-10-25)15-26(11-12-30-23)22(28)18-5-6-18/h7-8,13,18H,2-6,9-12,14-16H2,1H3. The van der Waals surface area contributed by atoms with E-state index >= 15 is 0 Å². The first-order valence-corrected chi connectivity index (χ1v) is 11.4. The predicted octanol–water partition coefficient (Wildman–Crippen LogP) is 3.44.